The summed E-state index contributed by atoms with van der Waals surface area (Å²) in [6.45, 7) is 2.66. The normalized spacial score (nSPS) is 16.5. The zero-order valence-corrected chi connectivity index (χ0v) is 15.1. The Hall–Kier alpha value is -1.69. The molecule has 0 aromatic carbocycles. The largest absolute Gasteiger partial charge is 0.369 e. The molecule has 2 aromatic heterocycles. The van der Waals surface area contributed by atoms with E-state index in [-0.39, 0.29) is 5.91 Å². The number of rotatable bonds is 5. The first-order valence-corrected chi connectivity index (χ1v) is 9.78. The molecule has 2 aromatic rings. The van der Waals surface area contributed by atoms with E-state index < -0.39 is 0 Å². The molecule has 1 aliphatic carbocycles. The second-order valence-electron chi connectivity index (χ2n) is 6.58. The molecule has 6 heteroatoms. The SMILES string of the molecule is Cc1cc2c(NCCC(=O)NC3CCCCCCC3)ncnc2s1. The van der Waals surface area contributed by atoms with Gasteiger partial charge in [0.2, 0.25) is 5.91 Å². The number of amides is 1. The maximum atomic E-state index is 12.2. The van der Waals surface area contributed by atoms with Crippen LogP contribution in [-0.4, -0.2) is 28.5 Å². The van der Waals surface area contributed by atoms with Gasteiger partial charge in [0.1, 0.15) is 17.0 Å². The van der Waals surface area contributed by atoms with Gasteiger partial charge in [0.25, 0.3) is 0 Å². The molecule has 0 radical (unpaired) electrons. The van der Waals surface area contributed by atoms with E-state index >= 15 is 0 Å². The minimum Gasteiger partial charge on any atom is -0.369 e. The van der Waals surface area contributed by atoms with Crippen molar-refractivity contribution in [3.63, 3.8) is 0 Å². The molecule has 1 saturated carbocycles. The average Bonchev–Trinajstić information content (AvgIpc) is 2.91. The van der Waals surface area contributed by atoms with Gasteiger partial charge in [0, 0.05) is 23.9 Å². The maximum Gasteiger partial charge on any atom is 0.221 e. The summed E-state index contributed by atoms with van der Waals surface area (Å²) in [4.78, 5) is 23.0. The highest BCUT2D eigenvalue weighted by molar-refractivity contribution is 7.18. The molecule has 0 atom stereocenters. The molecule has 2 heterocycles. The van der Waals surface area contributed by atoms with Crippen molar-refractivity contribution in [1.29, 1.82) is 0 Å². The predicted octanol–water partition coefficient (Wildman–Crippen LogP) is 4.03. The van der Waals surface area contributed by atoms with Crippen LogP contribution in [0.25, 0.3) is 10.2 Å². The van der Waals surface area contributed by atoms with Crippen molar-refractivity contribution in [1.82, 2.24) is 15.3 Å². The lowest BCUT2D eigenvalue weighted by Gasteiger charge is -2.21. The smallest absolute Gasteiger partial charge is 0.221 e. The van der Waals surface area contributed by atoms with Crippen molar-refractivity contribution in [2.24, 2.45) is 0 Å². The number of thiophene rings is 1. The summed E-state index contributed by atoms with van der Waals surface area (Å²) in [6, 6.07) is 2.46. The lowest BCUT2D eigenvalue weighted by atomic mass is 9.96. The molecular formula is C18H26N4OS. The Balaban J connectivity index is 1.47. The summed E-state index contributed by atoms with van der Waals surface area (Å²) in [5.41, 5.74) is 0. The Morgan fingerprint density at radius 3 is 2.75 bits per heavy atom. The van der Waals surface area contributed by atoms with Gasteiger partial charge in [-0.2, -0.15) is 0 Å². The van der Waals surface area contributed by atoms with E-state index in [0.29, 0.717) is 19.0 Å². The van der Waals surface area contributed by atoms with Gasteiger partial charge in [-0.25, -0.2) is 9.97 Å². The van der Waals surface area contributed by atoms with Crippen molar-refractivity contribution < 1.29 is 4.79 Å². The van der Waals surface area contributed by atoms with Crippen molar-refractivity contribution in [3.05, 3.63) is 17.3 Å². The third kappa shape index (κ3) is 4.66. The second kappa shape index (κ2) is 8.42. The van der Waals surface area contributed by atoms with Gasteiger partial charge >= 0.3 is 0 Å². The van der Waals surface area contributed by atoms with Crippen molar-refractivity contribution >= 4 is 33.3 Å². The van der Waals surface area contributed by atoms with Crippen LogP contribution in [0.2, 0.25) is 0 Å². The Morgan fingerprint density at radius 2 is 1.96 bits per heavy atom. The third-order valence-corrected chi connectivity index (χ3v) is 5.53. The third-order valence-electron chi connectivity index (χ3n) is 4.57. The molecule has 130 valence electrons. The van der Waals surface area contributed by atoms with Crippen molar-refractivity contribution in [2.75, 3.05) is 11.9 Å². The number of aromatic nitrogens is 2. The summed E-state index contributed by atoms with van der Waals surface area (Å²) in [6.07, 6.45) is 10.7. The highest BCUT2D eigenvalue weighted by atomic mass is 32.1. The molecule has 1 amide bonds. The van der Waals surface area contributed by atoms with E-state index in [1.54, 1.807) is 17.7 Å². The number of anilines is 1. The van der Waals surface area contributed by atoms with Gasteiger partial charge in [-0.3, -0.25) is 4.79 Å². The summed E-state index contributed by atoms with van der Waals surface area (Å²) < 4.78 is 0. The van der Waals surface area contributed by atoms with Gasteiger partial charge in [-0.1, -0.05) is 32.1 Å². The lowest BCUT2D eigenvalue weighted by Crippen LogP contribution is -2.36. The lowest BCUT2D eigenvalue weighted by molar-refractivity contribution is -0.121. The maximum absolute atomic E-state index is 12.2. The Labute approximate surface area is 147 Å². The first-order chi connectivity index (χ1) is 11.7. The minimum atomic E-state index is 0.139. The number of fused-ring (bicyclic) bond motifs is 1. The quantitative estimate of drug-likeness (QED) is 0.858. The number of nitrogens with one attached hydrogen (secondary N) is 2. The monoisotopic (exact) mass is 346 g/mol. The van der Waals surface area contributed by atoms with Crippen LogP contribution in [0.1, 0.15) is 56.2 Å². The highest BCUT2D eigenvalue weighted by Crippen LogP contribution is 2.27. The number of carbonyl (C=O) groups is 1. The van der Waals surface area contributed by atoms with E-state index in [4.69, 9.17) is 0 Å². The fourth-order valence-corrected chi connectivity index (χ4v) is 4.16. The van der Waals surface area contributed by atoms with Crippen LogP contribution in [0.5, 0.6) is 0 Å². The first-order valence-electron chi connectivity index (χ1n) is 8.97. The number of nitrogens with zero attached hydrogens (tertiary/aromatic N) is 2. The van der Waals surface area contributed by atoms with Gasteiger partial charge < -0.3 is 10.6 Å². The second-order valence-corrected chi connectivity index (χ2v) is 7.82. The van der Waals surface area contributed by atoms with Crippen LogP contribution in [0.15, 0.2) is 12.4 Å². The molecule has 0 spiro atoms. The number of aryl methyl sites for hydroxylation is 1. The summed E-state index contributed by atoms with van der Waals surface area (Å²) in [7, 11) is 0. The number of hydrogen-bond donors (Lipinski definition) is 2. The molecule has 0 unspecified atom stereocenters. The van der Waals surface area contributed by atoms with E-state index in [0.717, 1.165) is 28.9 Å². The van der Waals surface area contributed by atoms with Crippen molar-refractivity contribution in [3.8, 4) is 0 Å². The van der Waals surface area contributed by atoms with Crippen LogP contribution in [0, 0.1) is 6.92 Å². The number of hydrogen-bond acceptors (Lipinski definition) is 5. The van der Waals surface area contributed by atoms with Crippen LogP contribution in [0.4, 0.5) is 5.82 Å². The summed E-state index contributed by atoms with van der Waals surface area (Å²) >= 11 is 1.66. The molecule has 0 saturated heterocycles. The molecule has 0 bridgehead atoms. The van der Waals surface area contributed by atoms with Crippen LogP contribution >= 0.6 is 11.3 Å². The van der Waals surface area contributed by atoms with Crippen LogP contribution in [0.3, 0.4) is 0 Å². The molecule has 0 aliphatic heterocycles. The average molecular weight is 346 g/mol. The molecule has 5 nitrogen and oxygen atoms in total. The topological polar surface area (TPSA) is 66.9 Å². The van der Waals surface area contributed by atoms with E-state index in [1.165, 1.54) is 37.0 Å². The molecular weight excluding hydrogens is 320 g/mol. The Kier molecular flexibility index (Phi) is 6.01. The summed E-state index contributed by atoms with van der Waals surface area (Å²) in [5.74, 6) is 0.961. The Morgan fingerprint density at radius 1 is 1.21 bits per heavy atom. The summed E-state index contributed by atoms with van der Waals surface area (Å²) in [5, 5.41) is 7.53. The van der Waals surface area contributed by atoms with Crippen molar-refractivity contribution in [2.45, 2.75) is 64.3 Å². The molecule has 1 aliphatic rings. The predicted molar refractivity (Wildman–Crippen MR) is 99.5 cm³/mol. The molecule has 1 fully saturated rings. The van der Waals surface area contributed by atoms with Crippen LogP contribution in [-0.2, 0) is 4.79 Å². The van der Waals surface area contributed by atoms with Gasteiger partial charge in [0.05, 0.1) is 5.39 Å². The van der Waals surface area contributed by atoms with Gasteiger partial charge in [-0.15, -0.1) is 11.3 Å². The van der Waals surface area contributed by atoms with E-state index in [1.807, 2.05) is 0 Å². The zero-order valence-electron chi connectivity index (χ0n) is 14.3. The van der Waals surface area contributed by atoms with Gasteiger partial charge in [0.15, 0.2) is 0 Å². The fraction of sp³-hybridized carbons (Fsp3) is 0.611. The van der Waals surface area contributed by atoms with E-state index in [2.05, 4.69) is 33.6 Å². The minimum absolute atomic E-state index is 0.139. The first kappa shape index (κ1) is 17.1. The number of carbonyl (C=O) groups excluding carboxylic acids is 1. The molecule has 3 rings (SSSR count). The fourth-order valence-electron chi connectivity index (χ4n) is 3.31. The zero-order chi connectivity index (χ0) is 16.8. The van der Waals surface area contributed by atoms with Gasteiger partial charge in [-0.05, 0) is 25.8 Å². The standard InChI is InChI=1S/C18H26N4OS/c1-13-11-15-17(20-12-21-18(15)24-13)19-10-9-16(23)22-14-7-5-3-2-4-6-8-14/h11-12,14H,2-10H2,1H3,(H,22,23)(H,19,20,21). The Bertz CT molecular complexity index is 677. The molecule has 2 N–H and O–H groups in total. The van der Waals surface area contributed by atoms with Crippen LogP contribution < -0.4 is 10.6 Å². The highest BCUT2D eigenvalue weighted by Gasteiger charge is 2.14. The van der Waals surface area contributed by atoms with E-state index in [9.17, 15) is 4.79 Å². The molecule has 24 heavy (non-hydrogen) atoms.